The van der Waals surface area contributed by atoms with Crippen molar-refractivity contribution in [2.24, 2.45) is 0 Å². The Balaban J connectivity index is 1.50. The summed E-state index contributed by atoms with van der Waals surface area (Å²) in [5.41, 5.74) is 5.39. The van der Waals surface area contributed by atoms with Crippen LogP contribution in [0.2, 0.25) is 0 Å². The first-order valence-electron chi connectivity index (χ1n) is 9.93. The fourth-order valence-corrected chi connectivity index (χ4v) is 5.12. The summed E-state index contributed by atoms with van der Waals surface area (Å²) in [7, 11) is 0. The number of carbonyl (C=O) groups excluding carboxylic acids is 1. The van der Waals surface area contributed by atoms with Gasteiger partial charge in [-0.1, -0.05) is 24.3 Å². The lowest BCUT2D eigenvalue weighted by molar-refractivity contribution is 0.0738. The second-order valence-corrected chi connectivity index (χ2v) is 8.38. The summed E-state index contributed by atoms with van der Waals surface area (Å²) in [5.74, 6) is 0.0816. The van der Waals surface area contributed by atoms with E-state index in [0.29, 0.717) is 6.54 Å². The first-order valence-corrected chi connectivity index (χ1v) is 10.7. The van der Waals surface area contributed by atoms with E-state index in [2.05, 4.69) is 46.9 Å². The number of aryl methyl sites for hydroxylation is 2. The van der Waals surface area contributed by atoms with Crippen LogP contribution >= 0.6 is 11.3 Å². The second-order valence-electron chi connectivity index (χ2n) is 7.38. The van der Waals surface area contributed by atoms with Gasteiger partial charge in [0.2, 0.25) is 0 Å². The lowest BCUT2D eigenvalue weighted by Gasteiger charge is -2.28. The van der Waals surface area contributed by atoms with Gasteiger partial charge in [0.05, 0.1) is 5.69 Å². The number of rotatable bonds is 3. The van der Waals surface area contributed by atoms with E-state index in [0.717, 1.165) is 51.7 Å². The number of hydrogen-bond acceptors (Lipinski definition) is 4. The Morgan fingerprint density at radius 3 is 2.83 bits per heavy atom. The van der Waals surface area contributed by atoms with Gasteiger partial charge in [-0.25, -0.2) is 9.97 Å². The normalized spacial score (nSPS) is 13.7. The Bertz CT molecular complexity index is 1220. The molecule has 4 aromatic rings. The van der Waals surface area contributed by atoms with Crippen molar-refractivity contribution in [2.75, 3.05) is 6.54 Å². The van der Waals surface area contributed by atoms with Gasteiger partial charge in [0.15, 0.2) is 0 Å². The van der Waals surface area contributed by atoms with Crippen LogP contribution in [0, 0.1) is 6.92 Å². The molecule has 0 bridgehead atoms. The zero-order valence-corrected chi connectivity index (χ0v) is 17.4. The number of carbonyl (C=O) groups is 1. The zero-order chi connectivity index (χ0) is 20.0. The molecule has 0 fully saturated rings. The maximum absolute atomic E-state index is 13.3. The van der Waals surface area contributed by atoms with Crippen LogP contribution in [0.1, 0.15) is 33.4 Å². The molecule has 0 saturated heterocycles. The number of aromatic nitrogens is 3. The average molecular weight is 403 g/mol. The van der Waals surface area contributed by atoms with E-state index in [1.807, 2.05) is 30.2 Å². The second kappa shape index (κ2) is 7.12. The van der Waals surface area contributed by atoms with Crippen LogP contribution in [0.5, 0.6) is 0 Å². The summed E-state index contributed by atoms with van der Waals surface area (Å²) in [6.07, 6.45) is 4.82. The van der Waals surface area contributed by atoms with E-state index in [1.54, 1.807) is 0 Å². The first kappa shape index (κ1) is 18.1. The molecule has 0 radical (unpaired) electrons. The van der Waals surface area contributed by atoms with E-state index < -0.39 is 0 Å². The maximum atomic E-state index is 13.3. The molecule has 1 aromatic carbocycles. The van der Waals surface area contributed by atoms with Gasteiger partial charge in [-0.2, -0.15) is 0 Å². The van der Waals surface area contributed by atoms with Gasteiger partial charge in [0, 0.05) is 43.0 Å². The summed E-state index contributed by atoms with van der Waals surface area (Å²) in [4.78, 5) is 25.3. The van der Waals surface area contributed by atoms with E-state index in [-0.39, 0.29) is 5.91 Å². The molecule has 29 heavy (non-hydrogen) atoms. The first-order chi connectivity index (χ1) is 14.2. The number of fused-ring (bicyclic) bond motifs is 2. The third kappa shape index (κ3) is 3.04. The minimum absolute atomic E-state index is 0.0816. The molecule has 146 valence electrons. The molecular weight excluding hydrogens is 380 g/mol. The number of benzene rings is 1. The minimum atomic E-state index is 0.0816. The van der Waals surface area contributed by atoms with Crippen LogP contribution in [0.15, 0.2) is 48.8 Å². The van der Waals surface area contributed by atoms with Gasteiger partial charge in [-0.15, -0.1) is 11.3 Å². The molecule has 4 heterocycles. The van der Waals surface area contributed by atoms with Crippen molar-refractivity contribution < 1.29 is 4.79 Å². The van der Waals surface area contributed by atoms with E-state index >= 15 is 0 Å². The van der Waals surface area contributed by atoms with Crippen molar-refractivity contribution in [2.45, 2.75) is 33.4 Å². The minimum Gasteiger partial charge on any atom is -0.333 e. The molecule has 1 aliphatic rings. The van der Waals surface area contributed by atoms with Crippen molar-refractivity contribution >= 4 is 28.3 Å². The van der Waals surface area contributed by atoms with Gasteiger partial charge < -0.3 is 9.47 Å². The quantitative estimate of drug-likeness (QED) is 0.500. The molecule has 0 atom stereocenters. The molecule has 5 rings (SSSR count). The molecule has 6 heteroatoms. The highest BCUT2D eigenvalue weighted by molar-refractivity contribution is 7.17. The SMILES string of the molecule is CCn1cc(-c2nc(C)c(C(=O)N3CCc4ccccc4C3)s2)c2cccnc21. The number of amides is 1. The van der Waals surface area contributed by atoms with Crippen molar-refractivity contribution in [1.29, 1.82) is 0 Å². The van der Waals surface area contributed by atoms with Crippen molar-refractivity contribution in [3.05, 3.63) is 70.5 Å². The van der Waals surface area contributed by atoms with Crippen molar-refractivity contribution in [1.82, 2.24) is 19.4 Å². The highest BCUT2D eigenvalue weighted by Crippen LogP contribution is 2.35. The van der Waals surface area contributed by atoms with Crippen LogP contribution in [-0.4, -0.2) is 31.9 Å². The Morgan fingerprint density at radius 1 is 1.17 bits per heavy atom. The fourth-order valence-electron chi connectivity index (χ4n) is 4.06. The van der Waals surface area contributed by atoms with Crippen molar-refractivity contribution in [3.63, 3.8) is 0 Å². The maximum Gasteiger partial charge on any atom is 0.266 e. The van der Waals surface area contributed by atoms with Crippen LogP contribution < -0.4 is 0 Å². The van der Waals surface area contributed by atoms with Crippen LogP contribution in [0.3, 0.4) is 0 Å². The molecule has 0 aliphatic carbocycles. The van der Waals surface area contributed by atoms with Gasteiger partial charge in [0.1, 0.15) is 15.5 Å². The largest absolute Gasteiger partial charge is 0.333 e. The predicted molar refractivity (Wildman–Crippen MR) is 116 cm³/mol. The highest BCUT2D eigenvalue weighted by atomic mass is 32.1. The Morgan fingerprint density at radius 2 is 2.00 bits per heavy atom. The molecule has 0 saturated carbocycles. The monoisotopic (exact) mass is 402 g/mol. The zero-order valence-electron chi connectivity index (χ0n) is 16.6. The van der Waals surface area contributed by atoms with Gasteiger partial charge >= 0.3 is 0 Å². The smallest absolute Gasteiger partial charge is 0.266 e. The third-order valence-corrected chi connectivity index (χ3v) is 6.79. The number of hydrogen-bond donors (Lipinski definition) is 0. The van der Waals surface area contributed by atoms with Gasteiger partial charge in [-0.3, -0.25) is 4.79 Å². The molecule has 1 amide bonds. The lowest BCUT2D eigenvalue weighted by Crippen LogP contribution is -2.35. The fraction of sp³-hybridized carbons (Fsp3) is 0.261. The Labute approximate surface area is 173 Å². The number of thiazole rings is 1. The predicted octanol–water partition coefficient (Wildman–Crippen LogP) is 4.69. The van der Waals surface area contributed by atoms with Crippen LogP contribution in [0.4, 0.5) is 0 Å². The van der Waals surface area contributed by atoms with Crippen LogP contribution in [0.25, 0.3) is 21.6 Å². The molecule has 0 spiro atoms. The molecule has 0 unspecified atom stereocenters. The summed E-state index contributed by atoms with van der Waals surface area (Å²) in [6.45, 7) is 6.30. The average Bonchev–Trinajstić information content (AvgIpc) is 3.33. The highest BCUT2D eigenvalue weighted by Gasteiger charge is 2.26. The van der Waals surface area contributed by atoms with Crippen molar-refractivity contribution in [3.8, 4) is 10.6 Å². The third-order valence-electron chi connectivity index (χ3n) is 5.61. The summed E-state index contributed by atoms with van der Waals surface area (Å²) < 4.78 is 2.13. The summed E-state index contributed by atoms with van der Waals surface area (Å²) >= 11 is 1.49. The van der Waals surface area contributed by atoms with E-state index in [1.165, 1.54) is 22.5 Å². The summed E-state index contributed by atoms with van der Waals surface area (Å²) in [5, 5.41) is 1.96. The lowest BCUT2D eigenvalue weighted by atomic mass is 10.00. The van der Waals surface area contributed by atoms with Gasteiger partial charge in [-0.05, 0) is 43.5 Å². The molecule has 5 nitrogen and oxygen atoms in total. The van der Waals surface area contributed by atoms with Crippen LogP contribution in [-0.2, 0) is 19.5 Å². The molecule has 3 aromatic heterocycles. The van der Waals surface area contributed by atoms with E-state index in [4.69, 9.17) is 4.98 Å². The van der Waals surface area contributed by atoms with E-state index in [9.17, 15) is 4.79 Å². The summed E-state index contributed by atoms with van der Waals surface area (Å²) in [6, 6.07) is 12.4. The number of pyridine rings is 1. The standard InChI is InChI=1S/C23H22N4OS/c1-3-26-14-19(18-9-6-11-24-21(18)26)22-25-15(2)20(29-22)23(28)27-12-10-16-7-4-5-8-17(16)13-27/h4-9,11,14H,3,10,12-13H2,1-2H3. The molecule has 0 N–H and O–H groups in total. The Hall–Kier alpha value is -2.99. The molecular formula is C23H22N4OS. The number of nitrogens with zero attached hydrogens (tertiary/aromatic N) is 4. The Kier molecular flexibility index (Phi) is 4.43. The topological polar surface area (TPSA) is 51.0 Å². The van der Waals surface area contributed by atoms with Gasteiger partial charge in [0.25, 0.3) is 5.91 Å². The molecule has 1 aliphatic heterocycles.